The summed E-state index contributed by atoms with van der Waals surface area (Å²) in [4.78, 5) is 11.8. The molecule has 4 N–H and O–H groups in total. The van der Waals surface area contributed by atoms with Crippen LogP contribution in [0.1, 0.15) is 31.4 Å². The van der Waals surface area contributed by atoms with Crippen LogP contribution in [0.15, 0.2) is 24.3 Å². The van der Waals surface area contributed by atoms with Crippen LogP contribution >= 0.6 is 0 Å². The van der Waals surface area contributed by atoms with Crippen molar-refractivity contribution in [3.05, 3.63) is 35.4 Å². The Morgan fingerprint density at radius 1 is 1.32 bits per heavy atom. The molecule has 1 amide bonds. The Morgan fingerprint density at radius 2 is 1.95 bits per heavy atom. The van der Waals surface area contributed by atoms with E-state index in [9.17, 15) is 9.90 Å². The summed E-state index contributed by atoms with van der Waals surface area (Å²) in [6.07, 6.45) is 0.523. The Hall–Kier alpha value is -1.39. The molecule has 0 aromatic heterocycles. The van der Waals surface area contributed by atoms with Crippen molar-refractivity contribution < 1.29 is 9.90 Å². The molecule has 0 spiro atoms. The van der Waals surface area contributed by atoms with Gasteiger partial charge in [-0.25, -0.2) is 0 Å². The Labute approximate surface area is 115 Å². The molecule has 1 aromatic rings. The monoisotopic (exact) mass is 264 g/mol. The zero-order valence-corrected chi connectivity index (χ0v) is 11.7. The van der Waals surface area contributed by atoms with Crippen LogP contribution in [-0.2, 0) is 17.8 Å². The highest BCUT2D eigenvalue weighted by atomic mass is 16.3. The number of nitrogens with one attached hydrogen (secondary N) is 1. The fraction of sp³-hybridized carbons (Fsp3) is 0.533. The molecule has 0 saturated carbocycles. The number of rotatable bonds is 7. The van der Waals surface area contributed by atoms with Crippen molar-refractivity contribution in [3.8, 4) is 0 Å². The number of nitrogens with two attached hydrogens (primary N) is 1. The lowest BCUT2D eigenvalue weighted by atomic mass is 10.0. The van der Waals surface area contributed by atoms with Gasteiger partial charge in [0.1, 0.15) is 0 Å². The van der Waals surface area contributed by atoms with E-state index in [1.54, 1.807) is 0 Å². The van der Waals surface area contributed by atoms with Crippen molar-refractivity contribution in [2.75, 3.05) is 6.54 Å². The van der Waals surface area contributed by atoms with E-state index in [0.29, 0.717) is 31.8 Å². The standard InChI is InChI=1S/C15H24N2O2/c1-11(2)7-14(18)10-17-15(19)8-12-5-3-4-6-13(12)9-16/h3-6,11,14,18H,7-10,16H2,1-2H3,(H,17,19). The highest BCUT2D eigenvalue weighted by molar-refractivity contribution is 5.78. The number of aliphatic hydroxyl groups excluding tert-OH is 1. The second-order valence-electron chi connectivity index (χ2n) is 5.24. The van der Waals surface area contributed by atoms with Crippen LogP contribution in [0, 0.1) is 5.92 Å². The molecule has 4 nitrogen and oxygen atoms in total. The number of benzene rings is 1. The molecule has 0 bridgehead atoms. The third-order valence-corrected chi connectivity index (χ3v) is 2.97. The first-order valence-corrected chi connectivity index (χ1v) is 6.74. The summed E-state index contributed by atoms with van der Waals surface area (Å²) in [5.74, 6) is 0.341. The molecule has 1 unspecified atom stereocenters. The first-order chi connectivity index (χ1) is 9.02. The van der Waals surface area contributed by atoms with Gasteiger partial charge in [0.15, 0.2) is 0 Å². The first-order valence-electron chi connectivity index (χ1n) is 6.74. The molecule has 1 aromatic carbocycles. The van der Waals surface area contributed by atoms with E-state index in [2.05, 4.69) is 5.32 Å². The summed E-state index contributed by atoms with van der Waals surface area (Å²) in [6, 6.07) is 7.65. The number of aliphatic hydroxyl groups is 1. The SMILES string of the molecule is CC(C)CC(O)CNC(=O)Cc1ccccc1CN. The van der Waals surface area contributed by atoms with E-state index in [1.807, 2.05) is 38.1 Å². The van der Waals surface area contributed by atoms with Gasteiger partial charge in [0.2, 0.25) is 5.91 Å². The minimum absolute atomic E-state index is 0.0799. The summed E-state index contributed by atoms with van der Waals surface area (Å²) in [5.41, 5.74) is 7.56. The van der Waals surface area contributed by atoms with Crippen LogP contribution in [0.25, 0.3) is 0 Å². The lowest BCUT2D eigenvalue weighted by molar-refractivity contribution is -0.120. The van der Waals surface area contributed by atoms with Gasteiger partial charge in [0, 0.05) is 13.1 Å². The average molecular weight is 264 g/mol. The van der Waals surface area contributed by atoms with Crippen molar-refractivity contribution in [3.63, 3.8) is 0 Å². The summed E-state index contributed by atoms with van der Waals surface area (Å²) < 4.78 is 0. The van der Waals surface area contributed by atoms with Crippen molar-refractivity contribution >= 4 is 5.91 Å². The van der Waals surface area contributed by atoms with Gasteiger partial charge in [-0.2, -0.15) is 0 Å². The van der Waals surface area contributed by atoms with Gasteiger partial charge in [-0.1, -0.05) is 38.1 Å². The zero-order valence-electron chi connectivity index (χ0n) is 11.7. The molecule has 1 rings (SSSR count). The van der Waals surface area contributed by atoms with Gasteiger partial charge in [-0.15, -0.1) is 0 Å². The van der Waals surface area contributed by atoms with E-state index < -0.39 is 6.10 Å². The second-order valence-corrected chi connectivity index (χ2v) is 5.24. The molecule has 19 heavy (non-hydrogen) atoms. The smallest absolute Gasteiger partial charge is 0.224 e. The summed E-state index contributed by atoms with van der Waals surface area (Å²) in [5, 5.41) is 12.5. The van der Waals surface area contributed by atoms with Crippen molar-refractivity contribution in [1.82, 2.24) is 5.32 Å². The predicted molar refractivity (Wildman–Crippen MR) is 76.5 cm³/mol. The molecule has 1 atom stereocenters. The second kappa shape index (κ2) is 7.92. The minimum Gasteiger partial charge on any atom is -0.391 e. The van der Waals surface area contributed by atoms with Crippen LogP contribution in [-0.4, -0.2) is 23.7 Å². The van der Waals surface area contributed by atoms with E-state index in [0.717, 1.165) is 11.1 Å². The summed E-state index contributed by atoms with van der Waals surface area (Å²) >= 11 is 0. The van der Waals surface area contributed by atoms with Crippen LogP contribution in [0.5, 0.6) is 0 Å². The zero-order chi connectivity index (χ0) is 14.3. The molecule has 4 heteroatoms. The van der Waals surface area contributed by atoms with Gasteiger partial charge in [-0.3, -0.25) is 4.79 Å². The van der Waals surface area contributed by atoms with Crippen LogP contribution in [0.3, 0.4) is 0 Å². The van der Waals surface area contributed by atoms with Gasteiger partial charge >= 0.3 is 0 Å². The van der Waals surface area contributed by atoms with E-state index >= 15 is 0 Å². The van der Waals surface area contributed by atoms with Crippen molar-refractivity contribution in [1.29, 1.82) is 0 Å². The molecule has 0 aliphatic carbocycles. The molecule has 0 fully saturated rings. The minimum atomic E-state index is -0.478. The highest BCUT2D eigenvalue weighted by Gasteiger charge is 2.10. The summed E-state index contributed by atoms with van der Waals surface area (Å²) in [6.45, 7) is 4.83. The Kier molecular flexibility index (Phi) is 6.53. The number of carbonyl (C=O) groups is 1. The van der Waals surface area contributed by atoms with Crippen LogP contribution in [0.2, 0.25) is 0 Å². The molecule has 0 aliphatic rings. The average Bonchev–Trinajstić information content (AvgIpc) is 2.36. The Bertz CT molecular complexity index is 405. The molecule has 0 aliphatic heterocycles. The Balaban J connectivity index is 2.43. The summed E-state index contributed by atoms with van der Waals surface area (Å²) in [7, 11) is 0. The van der Waals surface area contributed by atoms with Crippen LogP contribution in [0.4, 0.5) is 0 Å². The molecule has 0 saturated heterocycles. The largest absolute Gasteiger partial charge is 0.391 e. The normalized spacial score (nSPS) is 12.5. The topological polar surface area (TPSA) is 75.3 Å². The van der Waals surface area contributed by atoms with Gasteiger partial charge in [0.05, 0.1) is 12.5 Å². The number of carbonyl (C=O) groups excluding carboxylic acids is 1. The number of hydrogen-bond acceptors (Lipinski definition) is 3. The molecular weight excluding hydrogens is 240 g/mol. The fourth-order valence-electron chi connectivity index (χ4n) is 2.02. The van der Waals surface area contributed by atoms with E-state index in [4.69, 9.17) is 5.73 Å². The molecular formula is C15H24N2O2. The van der Waals surface area contributed by atoms with Crippen molar-refractivity contribution in [2.24, 2.45) is 11.7 Å². The third kappa shape index (κ3) is 5.85. The fourth-order valence-corrected chi connectivity index (χ4v) is 2.02. The van der Waals surface area contributed by atoms with E-state index in [1.165, 1.54) is 0 Å². The maximum Gasteiger partial charge on any atom is 0.224 e. The molecule has 106 valence electrons. The van der Waals surface area contributed by atoms with Gasteiger partial charge in [0.25, 0.3) is 0 Å². The number of hydrogen-bond donors (Lipinski definition) is 3. The van der Waals surface area contributed by atoms with E-state index in [-0.39, 0.29) is 5.91 Å². The lowest BCUT2D eigenvalue weighted by Gasteiger charge is -2.14. The van der Waals surface area contributed by atoms with Crippen LogP contribution < -0.4 is 11.1 Å². The quantitative estimate of drug-likeness (QED) is 0.693. The first kappa shape index (κ1) is 15.7. The maximum absolute atomic E-state index is 11.8. The number of amides is 1. The predicted octanol–water partition coefficient (Wildman–Crippen LogP) is 1.21. The lowest BCUT2D eigenvalue weighted by Crippen LogP contribution is -2.33. The third-order valence-electron chi connectivity index (χ3n) is 2.97. The van der Waals surface area contributed by atoms with Crippen molar-refractivity contribution in [2.45, 2.75) is 39.3 Å². The molecule has 0 heterocycles. The van der Waals surface area contributed by atoms with Gasteiger partial charge in [-0.05, 0) is 23.5 Å². The maximum atomic E-state index is 11.8. The highest BCUT2D eigenvalue weighted by Crippen LogP contribution is 2.09. The van der Waals surface area contributed by atoms with Gasteiger partial charge < -0.3 is 16.2 Å². The Morgan fingerprint density at radius 3 is 2.53 bits per heavy atom. The molecule has 0 radical (unpaired) electrons.